The molecule has 1 unspecified atom stereocenters. The largest absolute Gasteiger partial charge is 0.352 e. The number of ketones is 1. The highest BCUT2D eigenvalue weighted by Crippen LogP contribution is 2.25. The number of hydrogen-bond acceptors (Lipinski definition) is 3. The summed E-state index contributed by atoms with van der Waals surface area (Å²) in [6, 6.07) is 6.05. The molecule has 1 aromatic rings. The summed E-state index contributed by atoms with van der Waals surface area (Å²) < 4.78 is 0. The van der Waals surface area contributed by atoms with Gasteiger partial charge in [-0.3, -0.25) is 9.59 Å². The van der Waals surface area contributed by atoms with E-state index in [2.05, 4.69) is 24.1 Å². The van der Waals surface area contributed by atoms with E-state index in [0.717, 1.165) is 37.2 Å². The molecule has 1 aliphatic heterocycles. The molecule has 1 amide bonds. The van der Waals surface area contributed by atoms with Crippen molar-refractivity contribution in [3.05, 3.63) is 34.9 Å². The molecular weight excluding hydrogens is 276 g/mol. The smallest absolute Gasteiger partial charge is 0.251 e. The van der Waals surface area contributed by atoms with E-state index in [9.17, 15) is 9.59 Å². The van der Waals surface area contributed by atoms with Crippen molar-refractivity contribution in [1.29, 1.82) is 0 Å². The quantitative estimate of drug-likeness (QED) is 0.928. The normalized spacial score (nSPS) is 21.4. The zero-order valence-electron chi connectivity index (χ0n) is 13.4. The molecule has 0 saturated carbocycles. The van der Waals surface area contributed by atoms with Crippen LogP contribution in [0.2, 0.25) is 0 Å². The molecule has 1 aromatic carbocycles. The van der Waals surface area contributed by atoms with Crippen LogP contribution in [0.5, 0.6) is 0 Å². The van der Waals surface area contributed by atoms with Crippen LogP contribution in [0.3, 0.4) is 0 Å². The molecule has 4 heteroatoms. The van der Waals surface area contributed by atoms with Crippen molar-refractivity contribution in [3.8, 4) is 0 Å². The van der Waals surface area contributed by atoms with Crippen molar-refractivity contribution in [3.63, 3.8) is 0 Å². The van der Waals surface area contributed by atoms with Crippen LogP contribution >= 0.6 is 0 Å². The highest BCUT2D eigenvalue weighted by Gasteiger charge is 2.27. The lowest BCUT2D eigenvalue weighted by Crippen LogP contribution is -2.33. The van der Waals surface area contributed by atoms with Crippen LogP contribution in [0.25, 0.3) is 0 Å². The average molecular weight is 300 g/mol. The van der Waals surface area contributed by atoms with Gasteiger partial charge in [-0.25, -0.2) is 0 Å². The number of benzene rings is 1. The van der Waals surface area contributed by atoms with Gasteiger partial charge in [0.1, 0.15) is 0 Å². The second kappa shape index (κ2) is 6.21. The van der Waals surface area contributed by atoms with Gasteiger partial charge in [0.05, 0.1) is 0 Å². The third kappa shape index (κ3) is 2.93. The van der Waals surface area contributed by atoms with Crippen molar-refractivity contribution in [2.75, 3.05) is 19.6 Å². The van der Waals surface area contributed by atoms with E-state index in [1.807, 2.05) is 18.2 Å². The molecule has 1 N–H and O–H groups in total. The summed E-state index contributed by atoms with van der Waals surface area (Å²) in [6.45, 7) is 7.33. The first-order valence-corrected chi connectivity index (χ1v) is 8.23. The second-order valence-corrected chi connectivity index (χ2v) is 6.71. The molecule has 4 nitrogen and oxygen atoms in total. The fourth-order valence-corrected chi connectivity index (χ4v) is 3.53. The predicted molar refractivity (Wildman–Crippen MR) is 86.2 cm³/mol. The van der Waals surface area contributed by atoms with Crippen molar-refractivity contribution in [2.24, 2.45) is 5.92 Å². The molecular formula is C18H24N2O2. The van der Waals surface area contributed by atoms with Crippen LogP contribution in [-0.2, 0) is 6.42 Å². The van der Waals surface area contributed by atoms with Crippen LogP contribution in [0.15, 0.2) is 18.2 Å². The molecule has 1 fully saturated rings. The number of carbonyl (C=O) groups excluding carboxylic acids is 2. The van der Waals surface area contributed by atoms with Gasteiger partial charge in [-0.1, -0.05) is 12.1 Å². The average Bonchev–Trinajstić information content (AvgIpc) is 3.12. The maximum atomic E-state index is 12.4. The molecule has 1 heterocycles. The van der Waals surface area contributed by atoms with Gasteiger partial charge in [0, 0.05) is 36.7 Å². The molecule has 1 aliphatic carbocycles. The van der Waals surface area contributed by atoms with Crippen LogP contribution in [0, 0.1) is 5.92 Å². The summed E-state index contributed by atoms with van der Waals surface area (Å²) >= 11 is 0. The summed E-state index contributed by atoms with van der Waals surface area (Å²) in [7, 11) is 0. The van der Waals surface area contributed by atoms with Crippen molar-refractivity contribution in [2.45, 2.75) is 39.2 Å². The molecule has 0 bridgehead atoms. The highest BCUT2D eigenvalue weighted by atomic mass is 16.1. The summed E-state index contributed by atoms with van der Waals surface area (Å²) in [4.78, 5) is 26.7. The van der Waals surface area contributed by atoms with Crippen LogP contribution in [0.4, 0.5) is 0 Å². The Bertz CT molecular complexity index is 595. The fourth-order valence-electron chi connectivity index (χ4n) is 3.53. The van der Waals surface area contributed by atoms with E-state index in [4.69, 9.17) is 0 Å². The Morgan fingerprint density at radius 2 is 2.18 bits per heavy atom. The zero-order valence-corrected chi connectivity index (χ0v) is 13.4. The number of nitrogens with one attached hydrogen (secondary N) is 1. The van der Waals surface area contributed by atoms with Gasteiger partial charge in [0.2, 0.25) is 0 Å². The van der Waals surface area contributed by atoms with E-state index >= 15 is 0 Å². The van der Waals surface area contributed by atoms with E-state index < -0.39 is 0 Å². The van der Waals surface area contributed by atoms with Gasteiger partial charge in [0.15, 0.2) is 5.78 Å². The minimum absolute atomic E-state index is 0.0328. The second-order valence-electron chi connectivity index (χ2n) is 6.71. The highest BCUT2D eigenvalue weighted by molar-refractivity contribution is 6.05. The Kier molecular flexibility index (Phi) is 4.30. The number of rotatable bonds is 4. The van der Waals surface area contributed by atoms with E-state index in [1.165, 1.54) is 0 Å². The first-order valence-electron chi connectivity index (χ1n) is 8.23. The van der Waals surface area contributed by atoms with E-state index in [0.29, 0.717) is 30.4 Å². The Balaban J connectivity index is 1.61. The minimum atomic E-state index is -0.0328. The van der Waals surface area contributed by atoms with Crippen LogP contribution in [0.1, 0.15) is 53.0 Å². The maximum Gasteiger partial charge on any atom is 0.251 e. The standard InChI is InChI=1S/C18H24N2O2/c1-12(2)20-9-8-13(11-20)10-19-18(22)16-5-3-4-15-14(16)6-7-17(15)21/h3-5,12-13H,6-11H2,1-2H3,(H,19,22). The first-order chi connectivity index (χ1) is 10.6. The number of fused-ring (bicyclic) bond motifs is 1. The minimum Gasteiger partial charge on any atom is -0.352 e. The molecule has 1 atom stereocenters. The molecule has 118 valence electrons. The lowest BCUT2D eigenvalue weighted by molar-refractivity contribution is 0.0945. The summed E-state index contributed by atoms with van der Waals surface area (Å²) in [5, 5.41) is 3.07. The van der Waals surface area contributed by atoms with Gasteiger partial charge in [-0.05, 0) is 50.8 Å². The number of hydrogen-bond donors (Lipinski definition) is 1. The number of nitrogens with zero attached hydrogens (tertiary/aromatic N) is 1. The van der Waals surface area contributed by atoms with Crippen molar-refractivity contribution in [1.82, 2.24) is 10.2 Å². The molecule has 1 saturated heterocycles. The van der Waals surface area contributed by atoms with Gasteiger partial charge < -0.3 is 10.2 Å². The SMILES string of the molecule is CC(C)N1CCC(CNC(=O)c2cccc3c2CCC3=O)C1. The van der Waals surface area contributed by atoms with Gasteiger partial charge in [0.25, 0.3) is 5.91 Å². The third-order valence-electron chi connectivity index (χ3n) is 4.92. The molecule has 3 rings (SSSR count). The summed E-state index contributed by atoms with van der Waals surface area (Å²) in [5.41, 5.74) is 2.35. The number of likely N-dealkylation sites (tertiary alicyclic amines) is 1. The Labute approximate surface area is 131 Å². The lowest BCUT2D eigenvalue weighted by Gasteiger charge is -2.20. The van der Waals surface area contributed by atoms with Crippen molar-refractivity contribution >= 4 is 11.7 Å². The number of Topliss-reactive ketones (excluding diaryl/α,β-unsaturated/α-hetero) is 1. The van der Waals surface area contributed by atoms with E-state index in [-0.39, 0.29) is 11.7 Å². The predicted octanol–water partition coefficient (Wildman–Crippen LogP) is 2.28. The Morgan fingerprint density at radius 1 is 1.36 bits per heavy atom. The molecule has 0 aromatic heterocycles. The Morgan fingerprint density at radius 3 is 2.91 bits per heavy atom. The van der Waals surface area contributed by atoms with Gasteiger partial charge in [-0.15, -0.1) is 0 Å². The third-order valence-corrected chi connectivity index (χ3v) is 4.92. The first kappa shape index (κ1) is 15.2. The maximum absolute atomic E-state index is 12.4. The molecule has 0 spiro atoms. The number of carbonyl (C=O) groups is 2. The monoisotopic (exact) mass is 300 g/mol. The molecule has 0 radical (unpaired) electrons. The van der Waals surface area contributed by atoms with E-state index in [1.54, 1.807) is 0 Å². The Hall–Kier alpha value is -1.68. The topological polar surface area (TPSA) is 49.4 Å². The van der Waals surface area contributed by atoms with Crippen LogP contribution < -0.4 is 5.32 Å². The molecule has 2 aliphatic rings. The fraction of sp³-hybridized carbons (Fsp3) is 0.556. The summed E-state index contributed by atoms with van der Waals surface area (Å²) in [5.74, 6) is 0.660. The van der Waals surface area contributed by atoms with Gasteiger partial charge >= 0.3 is 0 Å². The lowest BCUT2D eigenvalue weighted by atomic mass is 10.0. The van der Waals surface area contributed by atoms with Crippen molar-refractivity contribution < 1.29 is 9.59 Å². The van der Waals surface area contributed by atoms with Crippen LogP contribution in [-0.4, -0.2) is 42.3 Å². The van der Waals surface area contributed by atoms with Gasteiger partial charge in [-0.2, -0.15) is 0 Å². The zero-order chi connectivity index (χ0) is 15.7. The summed E-state index contributed by atoms with van der Waals surface area (Å²) in [6.07, 6.45) is 2.37. The number of amides is 1. The molecule has 22 heavy (non-hydrogen) atoms.